The van der Waals surface area contributed by atoms with Crippen LogP contribution in [-0.2, 0) is 4.79 Å². The Hall–Kier alpha value is -2.44. The van der Waals surface area contributed by atoms with E-state index in [0.717, 1.165) is 24.2 Å². The number of halogens is 2. The van der Waals surface area contributed by atoms with E-state index in [1.807, 2.05) is 19.1 Å². The highest BCUT2D eigenvalue weighted by Gasteiger charge is 2.26. The smallest absolute Gasteiger partial charge is 0.306 e. The van der Waals surface area contributed by atoms with Gasteiger partial charge < -0.3 is 20.5 Å². The van der Waals surface area contributed by atoms with Crippen LogP contribution in [0.2, 0.25) is 10.0 Å². The van der Waals surface area contributed by atoms with Gasteiger partial charge in [0.15, 0.2) is 0 Å². The number of carbonyl (C=O) groups is 2. The molecule has 6 nitrogen and oxygen atoms in total. The Morgan fingerprint density at radius 2 is 1.84 bits per heavy atom. The monoisotopic (exact) mass is 478 g/mol. The van der Waals surface area contributed by atoms with E-state index in [2.05, 4.69) is 10.6 Å². The fourth-order valence-corrected chi connectivity index (χ4v) is 4.50. The fourth-order valence-electron chi connectivity index (χ4n) is 4.08. The van der Waals surface area contributed by atoms with Gasteiger partial charge in [-0.25, -0.2) is 0 Å². The minimum atomic E-state index is -0.723. The van der Waals surface area contributed by atoms with Crippen molar-refractivity contribution in [2.75, 3.05) is 19.0 Å². The lowest BCUT2D eigenvalue weighted by atomic mass is 9.82. The molecular weight excluding hydrogens is 451 g/mol. The molecule has 172 valence electrons. The van der Waals surface area contributed by atoms with Crippen LogP contribution < -0.4 is 15.4 Å². The molecular formula is C24H28Cl2N2O4. The molecule has 1 fully saturated rings. The lowest BCUT2D eigenvalue weighted by Crippen LogP contribution is -2.32. The largest absolute Gasteiger partial charge is 0.496 e. The SMILES string of the molecule is COc1ccc(Cl)cc1[C@H](C)Nc1ccc(C(=O)NCC2CCC(C(=O)O)CC2)cc1Cl. The highest BCUT2D eigenvalue weighted by atomic mass is 35.5. The first-order valence-corrected chi connectivity index (χ1v) is 11.4. The topological polar surface area (TPSA) is 87.7 Å². The standard InChI is InChI=1S/C24H28Cl2N2O4/c1-14(19-12-18(25)8-10-22(19)32-2)28-21-9-7-17(11-20(21)26)23(29)27-13-15-3-5-16(6-4-15)24(30)31/h7-12,14-16,28H,3-6,13H2,1-2H3,(H,27,29)(H,30,31)/t14-,15?,16?/m0/s1. The molecule has 3 N–H and O–H groups in total. The highest BCUT2D eigenvalue weighted by molar-refractivity contribution is 6.33. The van der Waals surface area contributed by atoms with E-state index in [4.69, 9.17) is 33.0 Å². The van der Waals surface area contributed by atoms with Crippen molar-refractivity contribution in [1.82, 2.24) is 5.32 Å². The van der Waals surface area contributed by atoms with Gasteiger partial charge in [0.2, 0.25) is 0 Å². The number of anilines is 1. The molecule has 8 heteroatoms. The number of carbonyl (C=O) groups excluding carboxylic acids is 1. The maximum Gasteiger partial charge on any atom is 0.306 e. The Labute approximate surface area is 198 Å². The number of nitrogens with one attached hydrogen (secondary N) is 2. The van der Waals surface area contributed by atoms with Gasteiger partial charge in [0.1, 0.15) is 5.75 Å². The van der Waals surface area contributed by atoms with Crippen LogP contribution in [0.5, 0.6) is 5.75 Å². The summed E-state index contributed by atoms with van der Waals surface area (Å²) in [6, 6.07) is 10.5. The summed E-state index contributed by atoms with van der Waals surface area (Å²) in [7, 11) is 1.61. The first kappa shape index (κ1) is 24.2. The number of rotatable bonds is 8. The Morgan fingerprint density at radius 3 is 2.47 bits per heavy atom. The van der Waals surface area contributed by atoms with Gasteiger partial charge in [-0.15, -0.1) is 0 Å². The van der Waals surface area contributed by atoms with E-state index < -0.39 is 5.97 Å². The zero-order valence-electron chi connectivity index (χ0n) is 18.2. The molecule has 0 heterocycles. The van der Waals surface area contributed by atoms with Gasteiger partial charge in [0.05, 0.1) is 29.8 Å². The second-order valence-electron chi connectivity index (χ2n) is 8.21. The van der Waals surface area contributed by atoms with Crippen LogP contribution in [0.3, 0.4) is 0 Å². The normalized spacial score (nSPS) is 19.1. The van der Waals surface area contributed by atoms with Crippen LogP contribution in [0.1, 0.15) is 54.6 Å². The molecule has 0 spiro atoms. The zero-order valence-corrected chi connectivity index (χ0v) is 19.7. The first-order valence-electron chi connectivity index (χ1n) is 10.7. The third kappa shape index (κ3) is 6.08. The molecule has 0 radical (unpaired) electrons. The maximum absolute atomic E-state index is 12.6. The van der Waals surface area contributed by atoms with Gasteiger partial charge in [-0.2, -0.15) is 0 Å². The molecule has 1 atom stereocenters. The molecule has 2 aromatic carbocycles. The third-order valence-corrected chi connectivity index (χ3v) is 6.56. The van der Waals surface area contributed by atoms with E-state index >= 15 is 0 Å². The van der Waals surface area contributed by atoms with Crippen molar-refractivity contribution in [2.45, 2.75) is 38.6 Å². The molecule has 32 heavy (non-hydrogen) atoms. The van der Waals surface area contributed by atoms with Gasteiger partial charge in [-0.3, -0.25) is 9.59 Å². The molecule has 0 aromatic heterocycles. The quantitative estimate of drug-likeness (QED) is 0.446. The lowest BCUT2D eigenvalue weighted by Gasteiger charge is -2.26. The molecule has 0 unspecified atom stereocenters. The second-order valence-corrected chi connectivity index (χ2v) is 9.06. The van der Waals surface area contributed by atoms with Gasteiger partial charge in [0.25, 0.3) is 5.91 Å². The summed E-state index contributed by atoms with van der Waals surface area (Å²) in [5.74, 6) is -0.143. The van der Waals surface area contributed by atoms with Crippen molar-refractivity contribution in [1.29, 1.82) is 0 Å². The molecule has 2 aromatic rings. The van der Waals surface area contributed by atoms with Crippen molar-refractivity contribution in [3.8, 4) is 5.75 Å². The number of benzene rings is 2. The number of amides is 1. The predicted molar refractivity (Wildman–Crippen MR) is 127 cm³/mol. The van der Waals surface area contributed by atoms with Crippen molar-refractivity contribution < 1.29 is 19.4 Å². The van der Waals surface area contributed by atoms with Crippen molar-refractivity contribution in [2.24, 2.45) is 11.8 Å². The first-order chi connectivity index (χ1) is 15.3. The molecule has 0 aliphatic heterocycles. The van der Waals surface area contributed by atoms with Crippen LogP contribution in [0.4, 0.5) is 5.69 Å². The number of aliphatic carboxylic acids is 1. The van der Waals surface area contributed by atoms with Gasteiger partial charge in [-0.1, -0.05) is 23.2 Å². The van der Waals surface area contributed by atoms with E-state index in [-0.39, 0.29) is 17.9 Å². The summed E-state index contributed by atoms with van der Waals surface area (Å²) in [6.45, 7) is 2.51. The van der Waals surface area contributed by atoms with Crippen LogP contribution >= 0.6 is 23.2 Å². The van der Waals surface area contributed by atoms with Crippen LogP contribution in [0.25, 0.3) is 0 Å². The van der Waals surface area contributed by atoms with E-state index in [1.165, 1.54) is 0 Å². The van der Waals surface area contributed by atoms with Gasteiger partial charge in [-0.05, 0) is 74.9 Å². The Balaban J connectivity index is 1.58. The lowest BCUT2D eigenvalue weighted by molar-refractivity contribution is -0.143. The van der Waals surface area contributed by atoms with Crippen LogP contribution in [-0.4, -0.2) is 30.6 Å². The average Bonchev–Trinajstić information content (AvgIpc) is 2.78. The summed E-state index contributed by atoms with van der Waals surface area (Å²) in [5, 5.41) is 16.4. The highest BCUT2D eigenvalue weighted by Crippen LogP contribution is 2.33. The van der Waals surface area contributed by atoms with E-state index in [0.29, 0.717) is 46.6 Å². The number of carboxylic acid groups (broad SMARTS) is 1. The summed E-state index contributed by atoms with van der Waals surface area (Å²) in [4.78, 5) is 23.6. The zero-order chi connectivity index (χ0) is 23.3. The molecule has 3 rings (SSSR count). The Bertz CT molecular complexity index is 974. The molecule has 1 saturated carbocycles. The second kappa shape index (κ2) is 10.9. The number of carboxylic acids is 1. The predicted octanol–water partition coefficient (Wildman–Crippen LogP) is 5.80. The molecule has 1 amide bonds. The number of ether oxygens (including phenoxy) is 1. The summed E-state index contributed by atoms with van der Waals surface area (Å²) < 4.78 is 5.42. The van der Waals surface area contributed by atoms with Crippen molar-refractivity contribution in [3.63, 3.8) is 0 Å². The van der Waals surface area contributed by atoms with Gasteiger partial charge >= 0.3 is 5.97 Å². The molecule has 1 aliphatic rings. The molecule has 0 saturated heterocycles. The third-order valence-electron chi connectivity index (χ3n) is 6.01. The summed E-state index contributed by atoms with van der Waals surface area (Å²) in [5.41, 5.74) is 2.08. The Morgan fingerprint density at radius 1 is 1.12 bits per heavy atom. The fraction of sp³-hybridized carbons (Fsp3) is 0.417. The van der Waals surface area contributed by atoms with Crippen LogP contribution in [0, 0.1) is 11.8 Å². The van der Waals surface area contributed by atoms with Crippen molar-refractivity contribution >= 4 is 40.8 Å². The van der Waals surface area contributed by atoms with Crippen LogP contribution in [0.15, 0.2) is 36.4 Å². The number of hydrogen-bond acceptors (Lipinski definition) is 4. The molecule has 0 bridgehead atoms. The summed E-state index contributed by atoms with van der Waals surface area (Å²) >= 11 is 12.6. The van der Waals surface area contributed by atoms with Crippen molar-refractivity contribution in [3.05, 3.63) is 57.6 Å². The van der Waals surface area contributed by atoms with E-state index in [9.17, 15) is 9.59 Å². The average molecular weight is 479 g/mol. The minimum Gasteiger partial charge on any atom is -0.496 e. The van der Waals surface area contributed by atoms with Gasteiger partial charge in [0, 0.05) is 22.7 Å². The minimum absolute atomic E-state index is 0.123. The number of hydrogen-bond donors (Lipinski definition) is 3. The maximum atomic E-state index is 12.6. The van der Waals surface area contributed by atoms with E-state index in [1.54, 1.807) is 31.4 Å². The summed E-state index contributed by atoms with van der Waals surface area (Å²) in [6.07, 6.45) is 2.95. The number of methoxy groups -OCH3 is 1. The molecule has 1 aliphatic carbocycles. The Kier molecular flexibility index (Phi) is 8.26.